The summed E-state index contributed by atoms with van der Waals surface area (Å²) in [6, 6.07) is 9.83. The molecule has 1 aromatic carbocycles. The minimum atomic E-state index is -2.98. The van der Waals surface area contributed by atoms with Crippen LogP contribution in [0.5, 0.6) is 0 Å². The number of benzene rings is 1. The molecule has 1 unspecified atom stereocenters. The summed E-state index contributed by atoms with van der Waals surface area (Å²) in [4.78, 5) is 41.7. The molecule has 2 heterocycles. The predicted molar refractivity (Wildman–Crippen MR) is 102 cm³/mol. The van der Waals surface area contributed by atoms with Crippen molar-refractivity contribution in [2.75, 3.05) is 11.9 Å². The Kier molecular flexibility index (Phi) is 6.68. The lowest BCUT2D eigenvalue weighted by Crippen LogP contribution is -2.49. The van der Waals surface area contributed by atoms with Gasteiger partial charge in [0.2, 0.25) is 5.91 Å². The fourth-order valence-corrected chi connectivity index (χ4v) is 3.40. The molecule has 1 aliphatic rings. The number of amides is 3. The second-order valence-electron chi connectivity index (χ2n) is 6.76. The number of carbonyl (C=O) groups is 3. The highest BCUT2D eigenvalue weighted by molar-refractivity contribution is 6.39. The number of likely N-dealkylation sites (tertiary alicyclic amines) is 1. The first-order valence-electron chi connectivity index (χ1n) is 9.20. The van der Waals surface area contributed by atoms with E-state index in [1.807, 2.05) is 6.07 Å². The average Bonchev–Trinajstić information content (AvgIpc) is 2.73. The number of ether oxygens (including phenoxy) is 1. The summed E-state index contributed by atoms with van der Waals surface area (Å²) >= 11 is 0. The predicted octanol–water partition coefficient (Wildman–Crippen LogP) is 2.09. The van der Waals surface area contributed by atoms with E-state index in [4.69, 9.17) is 5.73 Å². The normalized spacial score (nSPS) is 18.8. The number of carbonyl (C=O) groups excluding carboxylic acids is 3. The number of nitrogens with one attached hydrogen (secondary N) is 1. The zero-order valence-electron chi connectivity index (χ0n) is 15.8. The molecule has 0 bridgehead atoms. The van der Waals surface area contributed by atoms with Crippen LogP contribution in [0.3, 0.4) is 0 Å². The number of pyridine rings is 1. The topological polar surface area (TPSA) is 115 Å². The summed E-state index contributed by atoms with van der Waals surface area (Å²) in [7, 11) is 0. The molecule has 1 aliphatic heterocycles. The Labute approximate surface area is 171 Å². The van der Waals surface area contributed by atoms with Gasteiger partial charge in [-0.1, -0.05) is 30.3 Å². The van der Waals surface area contributed by atoms with Crippen molar-refractivity contribution in [2.24, 2.45) is 5.73 Å². The zero-order valence-corrected chi connectivity index (χ0v) is 15.8. The Morgan fingerprint density at radius 3 is 2.57 bits per heavy atom. The molecule has 3 N–H and O–H groups in total. The van der Waals surface area contributed by atoms with Crippen LogP contribution in [-0.2, 0) is 14.3 Å². The van der Waals surface area contributed by atoms with Gasteiger partial charge in [-0.2, -0.15) is 8.78 Å². The van der Waals surface area contributed by atoms with E-state index in [0.29, 0.717) is 12.8 Å². The molecule has 8 nitrogen and oxygen atoms in total. The Balaban J connectivity index is 1.80. The van der Waals surface area contributed by atoms with Crippen molar-refractivity contribution in [1.29, 1.82) is 0 Å². The van der Waals surface area contributed by atoms with Crippen LogP contribution in [0.15, 0.2) is 48.8 Å². The van der Waals surface area contributed by atoms with Crippen LogP contribution in [0.4, 0.5) is 14.5 Å². The Morgan fingerprint density at radius 1 is 1.17 bits per heavy atom. The molecule has 3 amide bonds. The Morgan fingerprint density at radius 2 is 1.90 bits per heavy atom. The van der Waals surface area contributed by atoms with E-state index in [9.17, 15) is 23.2 Å². The van der Waals surface area contributed by atoms with Gasteiger partial charge in [-0.3, -0.25) is 19.4 Å². The van der Waals surface area contributed by atoms with Crippen molar-refractivity contribution in [3.05, 3.63) is 59.9 Å². The molecular weight excluding hydrogens is 398 g/mol. The van der Waals surface area contributed by atoms with Crippen molar-refractivity contribution < 1.29 is 27.9 Å². The molecule has 30 heavy (non-hydrogen) atoms. The van der Waals surface area contributed by atoms with E-state index in [-0.39, 0.29) is 17.8 Å². The monoisotopic (exact) mass is 418 g/mol. The molecule has 2 aromatic rings. The SMILES string of the molecule is NC(=O)c1cncc(NC(=O)C(=O)N2CC(OC(F)F)CC[C@H]2c2ccccc2)c1. The number of aromatic nitrogens is 1. The molecular formula is C20H20F2N4O4. The highest BCUT2D eigenvalue weighted by Crippen LogP contribution is 2.32. The van der Waals surface area contributed by atoms with Gasteiger partial charge in [-0.15, -0.1) is 0 Å². The third kappa shape index (κ3) is 5.15. The summed E-state index contributed by atoms with van der Waals surface area (Å²) in [5.41, 5.74) is 6.14. The lowest BCUT2D eigenvalue weighted by molar-refractivity contribution is -0.182. The van der Waals surface area contributed by atoms with E-state index in [1.165, 1.54) is 23.4 Å². The first kappa shape index (κ1) is 21.3. The quantitative estimate of drug-likeness (QED) is 0.722. The van der Waals surface area contributed by atoms with Crippen LogP contribution in [0.25, 0.3) is 0 Å². The molecule has 0 spiro atoms. The lowest BCUT2D eigenvalue weighted by atomic mass is 9.93. The Hall–Kier alpha value is -3.40. The maximum atomic E-state index is 12.9. The molecule has 3 rings (SSSR count). The van der Waals surface area contributed by atoms with Crippen molar-refractivity contribution in [3.8, 4) is 0 Å². The fraction of sp³-hybridized carbons (Fsp3) is 0.300. The molecule has 10 heteroatoms. The number of piperidine rings is 1. The van der Waals surface area contributed by atoms with E-state index in [1.54, 1.807) is 24.3 Å². The first-order chi connectivity index (χ1) is 14.3. The summed E-state index contributed by atoms with van der Waals surface area (Å²) in [5, 5.41) is 2.37. The number of nitrogens with two attached hydrogens (primary N) is 1. The smallest absolute Gasteiger partial charge is 0.345 e. The highest BCUT2D eigenvalue weighted by Gasteiger charge is 2.36. The van der Waals surface area contributed by atoms with Crippen LogP contribution in [0.2, 0.25) is 0 Å². The summed E-state index contributed by atoms with van der Waals surface area (Å²) in [5.74, 6) is -2.63. The van der Waals surface area contributed by atoms with Gasteiger partial charge in [0, 0.05) is 12.7 Å². The highest BCUT2D eigenvalue weighted by atomic mass is 19.3. The molecule has 1 saturated heterocycles. The third-order valence-corrected chi connectivity index (χ3v) is 4.75. The fourth-order valence-electron chi connectivity index (χ4n) is 3.40. The number of halogens is 2. The maximum absolute atomic E-state index is 12.9. The summed E-state index contributed by atoms with van der Waals surface area (Å²) < 4.78 is 29.9. The number of rotatable bonds is 5. The van der Waals surface area contributed by atoms with Crippen LogP contribution < -0.4 is 11.1 Å². The Bertz CT molecular complexity index is 926. The molecule has 0 saturated carbocycles. The third-order valence-electron chi connectivity index (χ3n) is 4.75. The van der Waals surface area contributed by atoms with Crippen molar-refractivity contribution in [3.63, 3.8) is 0 Å². The van der Waals surface area contributed by atoms with E-state index < -0.39 is 36.5 Å². The van der Waals surface area contributed by atoms with Crippen molar-refractivity contribution in [1.82, 2.24) is 9.88 Å². The first-order valence-corrected chi connectivity index (χ1v) is 9.20. The van der Waals surface area contributed by atoms with Gasteiger partial charge < -0.3 is 20.7 Å². The molecule has 1 aromatic heterocycles. The standard InChI is InChI=1S/C20H20F2N4O4/c21-20(22)30-15-6-7-16(12-4-2-1-3-5-12)26(11-15)19(29)18(28)25-14-8-13(17(23)27)9-24-10-14/h1-5,8-10,15-16,20H,6-7,11H2,(H2,23,27)(H,25,28)/t15?,16-/m0/s1. The van der Waals surface area contributed by atoms with Gasteiger partial charge in [-0.25, -0.2) is 0 Å². The van der Waals surface area contributed by atoms with Crippen molar-refractivity contribution >= 4 is 23.4 Å². The number of anilines is 1. The van der Waals surface area contributed by atoms with Crippen molar-refractivity contribution in [2.45, 2.75) is 31.6 Å². The second kappa shape index (κ2) is 9.40. The number of alkyl halides is 2. The summed E-state index contributed by atoms with van der Waals surface area (Å²) in [6.45, 7) is -3.13. The molecule has 158 valence electrons. The number of hydrogen-bond acceptors (Lipinski definition) is 5. The lowest BCUT2D eigenvalue weighted by Gasteiger charge is -2.39. The minimum absolute atomic E-state index is 0.0609. The molecule has 0 aliphatic carbocycles. The molecule has 0 radical (unpaired) electrons. The molecule has 2 atom stereocenters. The maximum Gasteiger partial charge on any atom is 0.345 e. The van der Waals surface area contributed by atoms with E-state index in [0.717, 1.165) is 5.56 Å². The molecule has 1 fully saturated rings. The second-order valence-corrected chi connectivity index (χ2v) is 6.76. The number of nitrogens with zero attached hydrogens (tertiary/aromatic N) is 2. The average molecular weight is 418 g/mol. The van der Waals surface area contributed by atoms with E-state index in [2.05, 4.69) is 15.0 Å². The van der Waals surface area contributed by atoms with Gasteiger partial charge in [0.1, 0.15) is 0 Å². The van der Waals surface area contributed by atoms with E-state index >= 15 is 0 Å². The van der Waals surface area contributed by atoms with Gasteiger partial charge in [0.25, 0.3) is 0 Å². The largest absolute Gasteiger partial charge is 0.366 e. The van der Waals surface area contributed by atoms with Crippen LogP contribution in [-0.4, -0.2) is 46.9 Å². The number of primary amides is 1. The van der Waals surface area contributed by atoms with Gasteiger partial charge in [0.05, 0.1) is 29.6 Å². The summed E-state index contributed by atoms with van der Waals surface area (Å²) in [6.07, 6.45) is 2.27. The van der Waals surface area contributed by atoms with Crippen LogP contribution in [0.1, 0.15) is 34.8 Å². The van der Waals surface area contributed by atoms with Crippen LogP contribution in [0, 0.1) is 0 Å². The van der Waals surface area contributed by atoms with Gasteiger partial charge in [-0.05, 0) is 24.5 Å². The zero-order chi connectivity index (χ0) is 21.7. The number of hydrogen-bond donors (Lipinski definition) is 2. The minimum Gasteiger partial charge on any atom is -0.366 e. The van der Waals surface area contributed by atoms with Gasteiger partial charge >= 0.3 is 18.4 Å². The van der Waals surface area contributed by atoms with Gasteiger partial charge in [0.15, 0.2) is 0 Å². The van der Waals surface area contributed by atoms with Crippen LogP contribution >= 0.6 is 0 Å².